The Morgan fingerprint density at radius 3 is 1.69 bits per heavy atom. The fraction of sp³-hybridized carbons (Fsp3) is 0.595. The number of rotatable bonds is 22. The number of hydrogen-bond donors (Lipinski definition) is 2. The number of Topliss-reactive ketones (excluding diaryl/α,β-unsaturated/α-hetero) is 2. The first kappa shape index (κ1) is 46.2. The molecule has 1 amide bonds. The topological polar surface area (TPSA) is 164 Å². The molecular weight excluding hydrogens is 694 g/mol. The maximum absolute atomic E-state index is 13.7. The largest absolute Gasteiger partial charge is 0.458 e. The lowest BCUT2D eigenvalue weighted by Crippen LogP contribution is -2.52. The number of amides is 1. The summed E-state index contributed by atoms with van der Waals surface area (Å²) in [6.07, 6.45) is -3.79. The molecule has 2 aromatic rings. The van der Waals surface area contributed by atoms with Crippen LogP contribution < -0.4 is 5.32 Å². The molecule has 0 aliphatic rings. The average Bonchev–Trinajstić information content (AvgIpc) is 3.06. The van der Waals surface area contributed by atoms with E-state index in [0.717, 1.165) is 11.1 Å². The molecule has 0 fully saturated rings. The van der Waals surface area contributed by atoms with Gasteiger partial charge in [0.25, 0.3) is 0 Å². The Morgan fingerprint density at radius 2 is 1.15 bits per heavy atom. The predicted octanol–water partition coefficient (Wildman–Crippen LogP) is 5.28. The first-order valence-corrected chi connectivity index (χ1v) is 18.4. The quantitative estimate of drug-likeness (QED) is 0.150. The average molecular weight is 756 g/mol. The van der Waals surface area contributed by atoms with Crippen molar-refractivity contribution in [2.45, 2.75) is 155 Å². The van der Waals surface area contributed by atoms with Crippen molar-refractivity contribution in [3.63, 3.8) is 0 Å². The molecule has 0 spiro atoms. The molecule has 0 radical (unpaired) electrons. The lowest BCUT2D eigenvalue weighted by Gasteiger charge is -2.32. The molecule has 2 N–H and O–H groups in total. The van der Waals surface area contributed by atoms with Gasteiger partial charge in [-0.2, -0.15) is 0 Å². The molecule has 12 nitrogen and oxygen atoms in total. The van der Waals surface area contributed by atoms with Crippen LogP contribution in [0.4, 0.5) is 0 Å². The lowest BCUT2D eigenvalue weighted by atomic mass is 9.98. The van der Waals surface area contributed by atoms with Gasteiger partial charge in [-0.05, 0) is 94.2 Å². The SMILES string of the molecule is CC(O)C(=O)C(C)(C)OC(C)C(=O)OC(C)C(=O)C(C)(C)OC(C)C(=O)NC(Cc1ccccc1)C(=O)OC(C)(C)CCOC(C)(C)Cc1ccccc1. The fourth-order valence-corrected chi connectivity index (χ4v) is 5.86. The second kappa shape index (κ2) is 19.6. The number of hydrogen-bond acceptors (Lipinski definition) is 11. The van der Waals surface area contributed by atoms with Crippen molar-refractivity contribution in [1.29, 1.82) is 0 Å². The van der Waals surface area contributed by atoms with Crippen LogP contribution in [0.2, 0.25) is 0 Å². The highest BCUT2D eigenvalue weighted by atomic mass is 16.6. The maximum atomic E-state index is 13.7. The zero-order valence-corrected chi connectivity index (χ0v) is 34.0. The third-order valence-electron chi connectivity index (χ3n) is 8.80. The zero-order chi connectivity index (χ0) is 41.1. The summed E-state index contributed by atoms with van der Waals surface area (Å²) in [6, 6.07) is 18.1. The first-order chi connectivity index (χ1) is 24.9. The van der Waals surface area contributed by atoms with Crippen LogP contribution in [0, 0.1) is 0 Å². The van der Waals surface area contributed by atoms with Crippen LogP contribution in [-0.2, 0) is 60.5 Å². The van der Waals surface area contributed by atoms with Gasteiger partial charge in [0.1, 0.15) is 35.1 Å². The monoisotopic (exact) mass is 755 g/mol. The summed E-state index contributed by atoms with van der Waals surface area (Å²) in [5.74, 6) is -3.47. The zero-order valence-electron chi connectivity index (χ0n) is 34.0. The van der Waals surface area contributed by atoms with Crippen molar-refractivity contribution < 1.29 is 52.8 Å². The molecular formula is C42H61NO11. The van der Waals surface area contributed by atoms with Crippen LogP contribution in [0.1, 0.15) is 101 Å². The Kier molecular flexibility index (Phi) is 16.7. The van der Waals surface area contributed by atoms with E-state index in [-0.39, 0.29) is 6.42 Å². The number of nitrogens with one attached hydrogen (secondary N) is 1. The van der Waals surface area contributed by atoms with Gasteiger partial charge in [0.2, 0.25) is 11.7 Å². The highest BCUT2D eigenvalue weighted by Gasteiger charge is 2.40. The molecule has 0 aromatic heterocycles. The summed E-state index contributed by atoms with van der Waals surface area (Å²) in [7, 11) is 0. The van der Waals surface area contributed by atoms with Gasteiger partial charge in [0.05, 0.1) is 12.2 Å². The van der Waals surface area contributed by atoms with Gasteiger partial charge in [0, 0.05) is 19.3 Å². The van der Waals surface area contributed by atoms with Gasteiger partial charge >= 0.3 is 11.9 Å². The van der Waals surface area contributed by atoms with E-state index >= 15 is 0 Å². The normalized spacial score (nSPS) is 15.3. The van der Waals surface area contributed by atoms with Crippen LogP contribution in [0.15, 0.2) is 60.7 Å². The Bertz CT molecular complexity index is 1550. The summed E-state index contributed by atoms with van der Waals surface area (Å²) in [4.78, 5) is 65.6. The number of carbonyl (C=O) groups is 5. The molecule has 0 aliphatic heterocycles. The van der Waals surface area contributed by atoms with Crippen molar-refractivity contribution in [2.75, 3.05) is 6.61 Å². The van der Waals surface area contributed by atoms with Crippen LogP contribution in [-0.4, -0.2) is 94.0 Å². The smallest absolute Gasteiger partial charge is 0.335 e. The molecule has 5 atom stereocenters. The van der Waals surface area contributed by atoms with Crippen LogP contribution in [0.25, 0.3) is 0 Å². The minimum atomic E-state index is -1.60. The third kappa shape index (κ3) is 15.0. The van der Waals surface area contributed by atoms with E-state index in [1.54, 1.807) is 13.8 Å². The van der Waals surface area contributed by atoms with E-state index < -0.39 is 82.3 Å². The van der Waals surface area contributed by atoms with E-state index in [1.807, 2.05) is 74.5 Å². The fourth-order valence-electron chi connectivity index (χ4n) is 5.86. The van der Waals surface area contributed by atoms with Crippen molar-refractivity contribution in [3.8, 4) is 0 Å². The Balaban J connectivity index is 2.06. The number of ketones is 2. The molecule has 2 rings (SSSR count). The molecule has 0 bridgehead atoms. The molecule has 0 heterocycles. The number of carbonyl (C=O) groups excluding carboxylic acids is 5. The molecule has 0 saturated carbocycles. The molecule has 5 unspecified atom stereocenters. The van der Waals surface area contributed by atoms with E-state index in [9.17, 15) is 29.1 Å². The van der Waals surface area contributed by atoms with Crippen molar-refractivity contribution in [3.05, 3.63) is 71.8 Å². The first-order valence-electron chi connectivity index (χ1n) is 18.4. The van der Waals surface area contributed by atoms with Crippen molar-refractivity contribution in [1.82, 2.24) is 5.32 Å². The molecule has 54 heavy (non-hydrogen) atoms. The second-order valence-corrected chi connectivity index (χ2v) is 16.0. The minimum Gasteiger partial charge on any atom is -0.458 e. The molecule has 0 saturated heterocycles. The molecule has 0 aliphatic carbocycles. The van der Waals surface area contributed by atoms with Gasteiger partial charge in [-0.25, -0.2) is 9.59 Å². The van der Waals surface area contributed by atoms with Crippen molar-refractivity contribution in [2.24, 2.45) is 0 Å². The van der Waals surface area contributed by atoms with Gasteiger partial charge in [-0.1, -0.05) is 60.7 Å². The van der Waals surface area contributed by atoms with E-state index in [4.69, 9.17) is 23.7 Å². The summed E-state index contributed by atoms with van der Waals surface area (Å²) in [5.41, 5.74) is -2.51. The van der Waals surface area contributed by atoms with Gasteiger partial charge in [-0.3, -0.25) is 14.4 Å². The number of ether oxygens (including phenoxy) is 5. The van der Waals surface area contributed by atoms with Gasteiger partial charge < -0.3 is 34.1 Å². The number of benzene rings is 2. The van der Waals surface area contributed by atoms with E-state index in [0.29, 0.717) is 19.4 Å². The highest BCUT2D eigenvalue weighted by molar-refractivity contribution is 5.93. The Hall–Kier alpha value is -3.97. The second-order valence-electron chi connectivity index (χ2n) is 16.0. The van der Waals surface area contributed by atoms with E-state index in [2.05, 4.69) is 5.32 Å². The number of aliphatic hydroxyl groups is 1. The van der Waals surface area contributed by atoms with Crippen molar-refractivity contribution >= 4 is 29.4 Å². The predicted molar refractivity (Wildman–Crippen MR) is 204 cm³/mol. The maximum Gasteiger partial charge on any atom is 0.335 e. The van der Waals surface area contributed by atoms with Crippen LogP contribution in [0.3, 0.4) is 0 Å². The molecule has 2 aromatic carbocycles. The summed E-state index contributed by atoms with van der Waals surface area (Å²) in [5, 5.41) is 12.4. The third-order valence-corrected chi connectivity index (χ3v) is 8.80. The Morgan fingerprint density at radius 1 is 0.648 bits per heavy atom. The van der Waals surface area contributed by atoms with Crippen LogP contribution >= 0.6 is 0 Å². The molecule has 300 valence electrons. The summed E-state index contributed by atoms with van der Waals surface area (Å²) in [6.45, 7) is 19.1. The Labute approximate surface area is 320 Å². The lowest BCUT2D eigenvalue weighted by molar-refractivity contribution is -0.182. The highest BCUT2D eigenvalue weighted by Crippen LogP contribution is 2.23. The van der Waals surface area contributed by atoms with E-state index in [1.165, 1.54) is 55.4 Å². The summed E-state index contributed by atoms with van der Waals surface area (Å²) >= 11 is 0. The number of esters is 2. The van der Waals surface area contributed by atoms with Crippen LogP contribution in [0.5, 0.6) is 0 Å². The van der Waals surface area contributed by atoms with Gasteiger partial charge in [0.15, 0.2) is 18.0 Å². The summed E-state index contributed by atoms with van der Waals surface area (Å²) < 4.78 is 28.9. The minimum absolute atomic E-state index is 0.143. The standard InChI is InChI=1S/C42H61NO11/c1-27(44)34(45)41(9,10)53-30(4)37(48)51-28(2)35(46)42(11,12)52-29(3)36(47)43-33(25-31-19-15-13-16-20-31)38(49)54-39(5,6)23-24-50-40(7,8)26-32-21-17-14-18-22-32/h13-22,27-30,33,44H,23-26H2,1-12H3,(H,43,47). The molecule has 12 heteroatoms. The number of aliphatic hydroxyl groups excluding tert-OH is 1. The van der Waals surface area contributed by atoms with Gasteiger partial charge in [-0.15, -0.1) is 0 Å².